The number of nitrogens with zero attached hydrogens (tertiary/aromatic N) is 2. The smallest absolute Gasteiger partial charge is 0.0790 e. The first-order valence-corrected chi connectivity index (χ1v) is 16.9. The second kappa shape index (κ2) is 16.5. The van der Waals surface area contributed by atoms with Crippen molar-refractivity contribution in [2.75, 3.05) is 7.11 Å². The van der Waals surface area contributed by atoms with Crippen molar-refractivity contribution in [3.63, 3.8) is 0 Å². The molecule has 1 aliphatic carbocycles. The van der Waals surface area contributed by atoms with E-state index >= 15 is 0 Å². The molecule has 3 aromatic carbocycles. The molecular weight excluding hydrogens is 597 g/mol. The van der Waals surface area contributed by atoms with Crippen LogP contribution in [0.25, 0.3) is 44.7 Å². The van der Waals surface area contributed by atoms with Crippen molar-refractivity contribution < 1.29 is 4.74 Å². The van der Waals surface area contributed by atoms with E-state index in [4.69, 9.17) is 9.72 Å². The van der Waals surface area contributed by atoms with Gasteiger partial charge < -0.3 is 4.74 Å². The normalized spacial score (nSPS) is 17.1. The molecule has 1 aliphatic rings. The number of pyridine rings is 2. The number of methoxy groups -OCH3 is 1. The van der Waals surface area contributed by atoms with Crippen LogP contribution in [0.5, 0.6) is 0 Å². The molecule has 0 saturated heterocycles. The summed E-state index contributed by atoms with van der Waals surface area (Å²) in [5.74, 6) is 0. The molecule has 1 unspecified atom stereocenters. The summed E-state index contributed by atoms with van der Waals surface area (Å²) < 4.78 is 5.87. The molecule has 0 amide bonds. The molecular formula is C46H42N2O. The molecule has 0 radical (unpaired) electrons. The zero-order valence-corrected chi connectivity index (χ0v) is 28.3. The zero-order valence-electron chi connectivity index (χ0n) is 28.3. The monoisotopic (exact) mass is 638 g/mol. The molecule has 0 fully saturated rings. The van der Waals surface area contributed by atoms with Gasteiger partial charge in [-0.2, -0.15) is 0 Å². The van der Waals surface area contributed by atoms with Gasteiger partial charge in [-0.25, -0.2) is 0 Å². The number of rotatable bonds is 11. The van der Waals surface area contributed by atoms with E-state index in [-0.39, 0.29) is 6.10 Å². The van der Waals surface area contributed by atoms with Crippen molar-refractivity contribution in [3.05, 3.63) is 193 Å². The highest BCUT2D eigenvalue weighted by Crippen LogP contribution is 2.36. The van der Waals surface area contributed by atoms with E-state index in [1.807, 2.05) is 42.7 Å². The van der Waals surface area contributed by atoms with Gasteiger partial charge >= 0.3 is 0 Å². The summed E-state index contributed by atoms with van der Waals surface area (Å²) in [6, 6.07) is 37.7. The van der Waals surface area contributed by atoms with Crippen LogP contribution in [0.1, 0.15) is 48.6 Å². The average molecular weight is 639 g/mol. The fourth-order valence-corrected chi connectivity index (χ4v) is 6.15. The summed E-state index contributed by atoms with van der Waals surface area (Å²) in [6.45, 7) is 6.70. The summed E-state index contributed by atoms with van der Waals surface area (Å²) in [6.07, 6.45) is 21.8. The maximum atomic E-state index is 5.87. The van der Waals surface area contributed by atoms with E-state index in [2.05, 4.69) is 140 Å². The van der Waals surface area contributed by atoms with Crippen LogP contribution in [0.2, 0.25) is 0 Å². The van der Waals surface area contributed by atoms with Gasteiger partial charge in [0.15, 0.2) is 0 Å². The molecule has 0 saturated carbocycles. The van der Waals surface area contributed by atoms with Crippen LogP contribution in [0, 0.1) is 0 Å². The first kappa shape index (κ1) is 33.3. The van der Waals surface area contributed by atoms with Crippen molar-refractivity contribution in [2.24, 2.45) is 0 Å². The minimum atomic E-state index is -0.0358. The number of aromatic nitrogens is 2. The highest BCUT2D eigenvalue weighted by Gasteiger charge is 2.15. The van der Waals surface area contributed by atoms with Gasteiger partial charge in [-0.05, 0) is 88.1 Å². The summed E-state index contributed by atoms with van der Waals surface area (Å²) >= 11 is 0. The Morgan fingerprint density at radius 3 is 2.29 bits per heavy atom. The summed E-state index contributed by atoms with van der Waals surface area (Å²) in [7, 11) is 1.77. The Morgan fingerprint density at radius 2 is 1.55 bits per heavy atom. The Balaban J connectivity index is 1.33. The van der Waals surface area contributed by atoms with E-state index in [0.29, 0.717) is 0 Å². The Morgan fingerprint density at radius 1 is 0.796 bits per heavy atom. The van der Waals surface area contributed by atoms with E-state index in [9.17, 15) is 0 Å². The Kier molecular flexibility index (Phi) is 11.2. The van der Waals surface area contributed by atoms with Crippen molar-refractivity contribution in [3.8, 4) is 22.4 Å². The second-order valence-corrected chi connectivity index (χ2v) is 12.0. The third kappa shape index (κ3) is 8.27. The molecule has 49 heavy (non-hydrogen) atoms. The van der Waals surface area contributed by atoms with Gasteiger partial charge in [0.25, 0.3) is 0 Å². The maximum Gasteiger partial charge on any atom is 0.0790 e. The Hall–Kier alpha value is -5.64. The van der Waals surface area contributed by atoms with Crippen LogP contribution in [0.4, 0.5) is 0 Å². The molecule has 0 N–H and O–H groups in total. The number of ether oxygens (including phenoxy) is 1. The van der Waals surface area contributed by atoms with E-state index < -0.39 is 0 Å². The van der Waals surface area contributed by atoms with E-state index in [1.54, 1.807) is 7.11 Å². The number of hydrogen-bond acceptors (Lipinski definition) is 3. The van der Waals surface area contributed by atoms with Gasteiger partial charge in [0, 0.05) is 30.6 Å². The molecule has 2 aromatic heterocycles. The van der Waals surface area contributed by atoms with Gasteiger partial charge in [-0.15, -0.1) is 0 Å². The lowest BCUT2D eigenvalue weighted by atomic mass is 9.88. The second-order valence-electron chi connectivity index (χ2n) is 12.0. The molecule has 6 rings (SSSR count). The van der Waals surface area contributed by atoms with Crippen LogP contribution in [-0.4, -0.2) is 23.2 Å². The van der Waals surface area contributed by atoms with Crippen molar-refractivity contribution >= 4 is 22.3 Å². The van der Waals surface area contributed by atoms with Gasteiger partial charge in [0.05, 0.1) is 17.5 Å². The molecule has 3 nitrogen and oxygen atoms in total. The summed E-state index contributed by atoms with van der Waals surface area (Å²) in [5.41, 5.74) is 13.1. The predicted molar refractivity (Wildman–Crippen MR) is 207 cm³/mol. The molecule has 2 heterocycles. The van der Waals surface area contributed by atoms with Crippen molar-refractivity contribution in [2.45, 2.75) is 32.3 Å². The maximum absolute atomic E-state index is 5.87. The molecule has 242 valence electrons. The van der Waals surface area contributed by atoms with Crippen LogP contribution in [-0.2, 0) is 4.74 Å². The summed E-state index contributed by atoms with van der Waals surface area (Å²) in [4.78, 5) is 9.39. The molecule has 0 spiro atoms. The predicted octanol–water partition coefficient (Wildman–Crippen LogP) is 11.7. The number of hydrogen-bond donors (Lipinski definition) is 0. The van der Waals surface area contributed by atoms with Crippen LogP contribution >= 0.6 is 0 Å². The summed E-state index contributed by atoms with van der Waals surface area (Å²) in [5, 5.41) is 0. The van der Waals surface area contributed by atoms with Gasteiger partial charge in [0.2, 0.25) is 0 Å². The van der Waals surface area contributed by atoms with E-state index in [0.717, 1.165) is 86.3 Å². The highest BCUT2D eigenvalue weighted by atomic mass is 16.5. The lowest BCUT2D eigenvalue weighted by Gasteiger charge is -2.19. The standard InChI is InChI=1S/C46H42N2O/c1-4-15-35(45-24-12-13-31-47-45)19-14-16-34(2)41-20-8-9-21-42(41)37-25-28-40(49-3)29-26-38(32-37)43-22-10-11-23-44(43)39-27-30-46(48-33-39)36-17-6-5-7-18-36/h5-15,17-27,29-33,40H,2,4,16,28H2,1,3H3/b19-14-,29-26?,35-15+,37-25+,38-32+. The van der Waals surface area contributed by atoms with Crippen LogP contribution in [0.15, 0.2) is 171 Å². The highest BCUT2D eigenvalue weighted by molar-refractivity contribution is 5.94. The molecule has 0 aliphatic heterocycles. The third-order valence-corrected chi connectivity index (χ3v) is 8.72. The SMILES string of the molecule is C=C(C/C=C\C(=C/CC)c1ccccn1)c1ccccc1C1=C/CC(OC)C=C/C(c2ccccc2-c2ccc(-c3ccccc3)nc2)=C\1. The number of allylic oxidation sites excluding steroid dienone is 9. The minimum absolute atomic E-state index is 0.0358. The Labute approximate surface area is 291 Å². The molecule has 5 aromatic rings. The molecule has 3 heteroatoms. The largest absolute Gasteiger partial charge is 0.377 e. The third-order valence-electron chi connectivity index (χ3n) is 8.72. The fourth-order valence-electron chi connectivity index (χ4n) is 6.15. The van der Waals surface area contributed by atoms with Crippen molar-refractivity contribution in [1.82, 2.24) is 9.97 Å². The molecule has 1 atom stereocenters. The zero-order chi connectivity index (χ0) is 33.8. The first-order chi connectivity index (χ1) is 24.1. The lowest BCUT2D eigenvalue weighted by Crippen LogP contribution is -2.07. The van der Waals surface area contributed by atoms with Crippen molar-refractivity contribution in [1.29, 1.82) is 0 Å². The number of benzene rings is 3. The van der Waals surface area contributed by atoms with Gasteiger partial charge in [-0.1, -0.05) is 141 Å². The fraction of sp³-hybridized carbons (Fsp3) is 0.130. The topological polar surface area (TPSA) is 35.0 Å². The van der Waals surface area contributed by atoms with Gasteiger partial charge in [0.1, 0.15) is 0 Å². The average Bonchev–Trinajstić information content (AvgIpc) is 3.15. The quantitative estimate of drug-likeness (QED) is 0.135. The van der Waals surface area contributed by atoms with Crippen LogP contribution < -0.4 is 0 Å². The van der Waals surface area contributed by atoms with Crippen LogP contribution in [0.3, 0.4) is 0 Å². The lowest BCUT2D eigenvalue weighted by molar-refractivity contribution is 0.143. The minimum Gasteiger partial charge on any atom is -0.377 e. The molecule has 0 bridgehead atoms. The van der Waals surface area contributed by atoms with E-state index in [1.165, 1.54) is 0 Å². The van der Waals surface area contributed by atoms with Gasteiger partial charge in [-0.3, -0.25) is 9.97 Å². The Bertz CT molecular complexity index is 2030. The first-order valence-electron chi connectivity index (χ1n) is 16.9.